The van der Waals surface area contributed by atoms with Gasteiger partial charge in [0.15, 0.2) is 5.82 Å². The minimum Gasteiger partial charge on any atom is -0.368 e. The SMILES string of the molecule is Cc1noc(-c2ccc(NCCN3CCCCC3=O)nc2)n1. The third-order valence-electron chi connectivity index (χ3n) is 3.65. The van der Waals surface area contributed by atoms with Crippen molar-refractivity contribution < 1.29 is 9.32 Å². The lowest BCUT2D eigenvalue weighted by atomic mass is 10.1. The molecule has 0 unspecified atom stereocenters. The Morgan fingerprint density at radius 3 is 2.95 bits per heavy atom. The molecule has 3 rings (SSSR count). The molecular formula is C15H19N5O2. The molecule has 0 bridgehead atoms. The van der Waals surface area contributed by atoms with Crippen molar-refractivity contribution in [3.63, 3.8) is 0 Å². The van der Waals surface area contributed by atoms with Gasteiger partial charge in [-0.15, -0.1) is 0 Å². The van der Waals surface area contributed by atoms with Gasteiger partial charge in [0.05, 0.1) is 5.56 Å². The van der Waals surface area contributed by atoms with Crippen LogP contribution >= 0.6 is 0 Å². The zero-order valence-electron chi connectivity index (χ0n) is 12.6. The van der Waals surface area contributed by atoms with Gasteiger partial charge in [-0.1, -0.05) is 5.16 Å². The van der Waals surface area contributed by atoms with Crippen molar-refractivity contribution in [2.45, 2.75) is 26.2 Å². The highest BCUT2D eigenvalue weighted by Crippen LogP contribution is 2.17. The highest BCUT2D eigenvalue weighted by Gasteiger charge is 2.17. The monoisotopic (exact) mass is 301 g/mol. The number of nitrogens with zero attached hydrogens (tertiary/aromatic N) is 4. The summed E-state index contributed by atoms with van der Waals surface area (Å²) in [6.45, 7) is 4.05. The predicted molar refractivity (Wildman–Crippen MR) is 81.2 cm³/mol. The lowest BCUT2D eigenvalue weighted by Gasteiger charge is -2.26. The van der Waals surface area contributed by atoms with Gasteiger partial charge in [0.2, 0.25) is 5.91 Å². The van der Waals surface area contributed by atoms with E-state index in [1.807, 2.05) is 17.0 Å². The Bertz CT molecular complexity index is 638. The highest BCUT2D eigenvalue weighted by molar-refractivity contribution is 5.76. The van der Waals surface area contributed by atoms with Crippen LogP contribution in [0.1, 0.15) is 25.1 Å². The van der Waals surface area contributed by atoms with Crippen LogP contribution in [-0.4, -0.2) is 45.6 Å². The van der Waals surface area contributed by atoms with Crippen molar-refractivity contribution in [2.24, 2.45) is 0 Å². The Morgan fingerprint density at radius 1 is 1.36 bits per heavy atom. The summed E-state index contributed by atoms with van der Waals surface area (Å²) in [5.74, 6) is 2.09. The lowest BCUT2D eigenvalue weighted by molar-refractivity contribution is -0.133. The Labute approximate surface area is 128 Å². The van der Waals surface area contributed by atoms with Crippen LogP contribution in [0.15, 0.2) is 22.9 Å². The van der Waals surface area contributed by atoms with Gasteiger partial charge in [0.1, 0.15) is 5.82 Å². The number of hydrogen-bond donors (Lipinski definition) is 1. The molecule has 1 N–H and O–H groups in total. The summed E-state index contributed by atoms with van der Waals surface area (Å²) in [7, 11) is 0. The van der Waals surface area contributed by atoms with Gasteiger partial charge in [0, 0.05) is 32.3 Å². The van der Waals surface area contributed by atoms with Gasteiger partial charge in [-0.25, -0.2) is 4.98 Å². The first-order chi connectivity index (χ1) is 10.7. The molecule has 1 saturated heterocycles. The molecule has 7 heteroatoms. The zero-order chi connectivity index (χ0) is 15.4. The molecule has 22 heavy (non-hydrogen) atoms. The Balaban J connectivity index is 1.52. The van der Waals surface area contributed by atoms with E-state index in [0.29, 0.717) is 31.2 Å². The number of pyridine rings is 1. The lowest BCUT2D eigenvalue weighted by Crippen LogP contribution is -2.38. The van der Waals surface area contributed by atoms with Gasteiger partial charge in [-0.3, -0.25) is 4.79 Å². The van der Waals surface area contributed by atoms with Crippen molar-refractivity contribution in [2.75, 3.05) is 25.0 Å². The number of aromatic nitrogens is 3. The molecule has 1 aliphatic heterocycles. The maximum Gasteiger partial charge on any atom is 0.259 e. The minimum atomic E-state index is 0.253. The molecule has 3 heterocycles. The smallest absolute Gasteiger partial charge is 0.259 e. The van der Waals surface area contributed by atoms with Crippen LogP contribution in [0.2, 0.25) is 0 Å². The van der Waals surface area contributed by atoms with Crippen molar-refractivity contribution in [3.05, 3.63) is 24.2 Å². The number of piperidine rings is 1. The number of nitrogens with one attached hydrogen (secondary N) is 1. The molecule has 116 valence electrons. The summed E-state index contributed by atoms with van der Waals surface area (Å²) in [5, 5.41) is 6.98. The largest absolute Gasteiger partial charge is 0.368 e. The number of aryl methyl sites for hydroxylation is 1. The average molecular weight is 301 g/mol. The van der Waals surface area contributed by atoms with Gasteiger partial charge in [-0.2, -0.15) is 4.98 Å². The molecule has 2 aromatic rings. The third-order valence-corrected chi connectivity index (χ3v) is 3.65. The maximum absolute atomic E-state index is 11.7. The van der Waals surface area contributed by atoms with Crippen LogP contribution in [0.25, 0.3) is 11.5 Å². The molecule has 0 saturated carbocycles. The second-order valence-electron chi connectivity index (χ2n) is 5.34. The van der Waals surface area contributed by atoms with Crippen LogP contribution in [0.3, 0.4) is 0 Å². The predicted octanol–water partition coefficient (Wildman–Crippen LogP) is 1.86. The van der Waals surface area contributed by atoms with E-state index in [9.17, 15) is 4.79 Å². The molecule has 1 fully saturated rings. The van der Waals surface area contributed by atoms with Crippen LogP contribution in [-0.2, 0) is 4.79 Å². The number of likely N-dealkylation sites (tertiary alicyclic amines) is 1. The summed E-state index contributed by atoms with van der Waals surface area (Å²) < 4.78 is 5.10. The van der Waals surface area contributed by atoms with Crippen LogP contribution in [0.5, 0.6) is 0 Å². The second kappa shape index (κ2) is 6.55. The molecular weight excluding hydrogens is 282 g/mol. The van der Waals surface area contributed by atoms with E-state index in [0.717, 1.165) is 30.8 Å². The van der Waals surface area contributed by atoms with Crippen LogP contribution < -0.4 is 5.32 Å². The Morgan fingerprint density at radius 2 is 2.27 bits per heavy atom. The van der Waals surface area contributed by atoms with Crippen molar-refractivity contribution in [1.29, 1.82) is 0 Å². The molecule has 0 spiro atoms. The van der Waals surface area contributed by atoms with E-state index < -0.39 is 0 Å². The van der Waals surface area contributed by atoms with E-state index in [-0.39, 0.29) is 5.91 Å². The van der Waals surface area contributed by atoms with Gasteiger partial charge < -0.3 is 14.7 Å². The first kappa shape index (κ1) is 14.5. The van der Waals surface area contributed by atoms with E-state index in [1.54, 1.807) is 13.1 Å². The number of anilines is 1. The van der Waals surface area contributed by atoms with Crippen molar-refractivity contribution in [3.8, 4) is 11.5 Å². The van der Waals surface area contributed by atoms with E-state index in [4.69, 9.17) is 4.52 Å². The number of carbonyl (C=O) groups excluding carboxylic acids is 1. The second-order valence-corrected chi connectivity index (χ2v) is 5.34. The number of carbonyl (C=O) groups is 1. The quantitative estimate of drug-likeness (QED) is 0.907. The normalized spacial score (nSPS) is 15.1. The fourth-order valence-corrected chi connectivity index (χ4v) is 2.46. The van der Waals surface area contributed by atoms with E-state index in [2.05, 4.69) is 20.4 Å². The topological polar surface area (TPSA) is 84.2 Å². The van der Waals surface area contributed by atoms with Crippen molar-refractivity contribution in [1.82, 2.24) is 20.0 Å². The van der Waals surface area contributed by atoms with Crippen LogP contribution in [0, 0.1) is 6.92 Å². The summed E-state index contributed by atoms with van der Waals surface area (Å²) in [4.78, 5) is 22.1. The van der Waals surface area contributed by atoms with Gasteiger partial charge in [-0.05, 0) is 31.9 Å². The number of hydrogen-bond acceptors (Lipinski definition) is 6. The average Bonchev–Trinajstić information content (AvgIpc) is 2.96. The first-order valence-electron chi connectivity index (χ1n) is 7.51. The molecule has 0 aromatic carbocycles. The highest BCUT2D eigenvalue weighted by atomic mass is 16.5. The standard InChI is InChI=1S/C15H19N5O2/c1-11-18-15(22-19-11)12-5-6-13(17-10-12)16-7-9-20-8-3-2-4-14(20)21/h5-6,10H,2-4,7-9H2,1H3,(H,16,17). The molecule has 0 atom stereocenters. The summed E-state index contributed by atoms with van der Waals surface area (Å²) in [5.41, 5.74) is 0.789. The minimum absolute atomic E-state index is 0.253. The third kappa shape index (κ3) is 3.41. The molecule has 1 aliphatic rings. The van der Waals surface area contributed by atoms with Gasteiger partial charge >= 0.3 is 0 Å². The number of rotatable bonds is 5. The Hall–Kier alpha value is -2.44. The molecule has 2 aromatic heterocycles. The molecule has 0 radical (unpaired) electrons. The molecule has 0 aliphatic carbocycles. The zero-order valence-corrected chi connectivity index (χ0v) is 12.6. The van der Waals surface area contributed by atoms with Crippen LogP contribution in [0.4, 0.5) is 5.82 Å². The van der Waals surface area contributed by atoms with Gasteiger partial charge in [0.25, 0.3) is 5.89 Å². The summed E-state index contributed by atoms with van der Waals surface area (Å²) in [6, 6.07) is 3.75. The fraction of sp³-hybridized carbons (Fsp3) is 0.467. The van der Waals surface area contributed by atoms with Crippen molar-refractivity contribution >= 4 is 11.7 Å². The maximum atomic E-state index is 11.7. The number of amides is 1. The van der Waals surface area contributed by atoms with E-state index >= 15 is 0 Å². The summed E-state index contributed by atoms with van der Waals surface area (Å²) in [6.07, 6.45) is 4.49. The van der Waals surface area contributed by atoms with E-state index in [1.165, 1.54) is 0 Å². The Kier molecular flexibility index (Phi) is 4.32. The summed E-state index contributed by atoms with van der Waals surface area (Å²) >= 11 is 0. The first-order valence-corrected chi connectivity index (χ1v) is 7.51. The molecule has 1 amide bonds. The molecule has 7 nitrogen and oxygen atoms in total. The fourth-order valence-electron chi connectivity index (χ4n) is 2.46.